The van der Waals surface area contributed by atoms with Gasteiger partial charge in [0.2, 0.25) is 5.17 Å². The van der Waals surface area contributed by atoms with E-state index in [2.05, 4.69) is 10.1 Å². The van der Waals surface area contributed by atoms with Crippen LogP contribution in [0.15, 0.2) is 81.7 Å². The number of hydrogen-bond acceptors (Lipinski definition) is 7. The molecule has 0 saturated carbocycles. The Hall–Kier alpha value is -3.69. The van der Waals surface area contributed by atoms with Gasteiger partial charge in [-0.15, -0.1) is 11.3 Å². The fourth-order valence-corrected chi connectivity index (χ4v) is 5.03. The molecule has 7 nitrogen and oxygen atoms in total. The summed E-state index contributed by atoms with van der Waals surface area (Å²) in [5, 5.41) is 17.5. The van der Waals surface area contributed by atoms with Gasteiger partial charge in [0.15, 0.2) is 5.84 Å². The fourth-order valence-electron chi connectivity index (χ4n) is 3.34. The van der Waals surface area contributed by atoms with Crippen molar-refractivity contribution in [3.05, 3.63) is 87.6 Å². The third-order valence-corrected chi connectivity index (χ3v) is 6.94. The predicted octanol–water partition coefficient (Wildman–Crippen LogP) is 5.18. The predicted molar refractivity (Wildman–Crippen MR) is 137 cm³/mol. The molecule has 1 N–H and O–H groups in total. The number of nitrogens with one attached hydrogen (secondary N) is 1. The maximum Gasteiger partial charge on any atom is 0.283 e. The summed E-state index contributed by atoms with van der Waals surface area (Å²) in [5.41, 5.74) is 2.11. The number of thiophene rings is 1. The molecule has 2 aromatic carbocycles. The molecule has 0 unspecified atom stereocenters. The number of rotatable bonds is 7. The molecule has 34 heavy (non-hydrogen) atoms. The molecule has 5 rings (SSSR count). The first-order chi connectivity index (χ1) is 16.6. The van der Waals surface area contributed by atoms with Gasteiger partial charge in [0.05, 0.1) is 10.5 Å². The van der Waals surface area contributed by atoms with Gasteiger partial charge in [0.1, 0.15) is 29.8 Å². The van der Waals surface area contributed by atoms with E-state index in [1.165, 1.54) is 16.8 Å². The summed E-state index contributed by atoms with van der Waals surface area (Å²) in [6.07, 6.45) is 1.65. The van der Waals surface area contributed by atoms with E-state index in [1.807, 2.05) is 73.0 Å². The van der Waals surface area contributed by atoms with Crippen molar-refractivity contribution < 1.29 is 14.3 Å². The van der Waals surface area contributed by atoms with Crippen LogP contribution in [-0.2, 0) is 4.79 Å². The van der Waals surface area contributed by atoms with Gasteiger partial charge >= 0.3 is 0 Å². The van der Waals surface area contributed by atoms with Crippen molar-refractivity contribution in [2.75, 3.05) is 13.2 Å². The van der Waals surface area contributed by atoms with Crippen molar-refractivity contribution in [1.29, 1.82) is 5.41 Å². The molecule has 2 aliphatic rings. The van der Waals surface area contributed by atoms with Crippen molar-refractivity contribution >= 4 is 51.1 Å². The Morgan fingerprint density at radius 2 is 1.82 bits per heavy atom. The van der Waals surface area contributed by atoms with E-state index < -0.39 is 5.91 Å². The Balaban J connectivity index is 1.21. The monoisotopic (exact) mass is 488 g/mol. The molecule has 0 radical (unpaired) electrons. The number of fused-ring (bicyclic) bond motifs is 1. The van der Waals surface area contributed by atoms with Gasteiger partial charge in [-0.05, 0) is 71.6 Å². The molecular formula is C25H20N4O3S2. The number of hydrazone groups is 1. The lowest BCUT2D eigenvalue weighted by atomic mass is 10.1. The zero-order valence-electron chi connectivity index (χ0n) is 18.2. The molecule has 0 saturated heterocycles. The second kappa shape index (κ2) is 9.66. The van der Waals surface area contributed by atoms with Crippen LogP contribution in [0, 0.1) is 12.3 Å². The molecule has 1 aromatic heterocycles. The van der Waals surface area contributed by atoms with Crippen LogP contribution in [0.1, 0.15) is 16.0 Å². The van der Waals surface area contributed by atoms with Crippen molar-refractivity contribution in [2.24, 2.45) is 10.1 Å². The summed E-state index contributed by atoms with van der Waals surface area (Å²) in [7, 11) is 0. The average molecular weight is 489 g/mol. The Bertz CT molecular complexity index is 1330. The third kappa shape index (κ3) is 4.80. The van der Waals surface area contributed by atoms with E-state index in [-0.39, 0.29) is 11.4 Å². The van der Waals surface area contributed by atoms with Gasteiger partial charge in [0, 0.05) is 0 Å². The van der Waals surface area contributed by atoms with Crippen molar-refractivity contribution in [2.45, 2.75) is 6.92 Å². The zero-order chi connectivity index (χ0) is 23.5. The number of amidine groups is 2. The highest BCUT2D eigenvalue weighted by Crippen LogP contribution is 2.32. The molecular weight excluding hydrogens is 468 g/mol. The summed E-state index contributed by atoms with van der Waals surface area (Å²) in [5.74, 6) is 1.09. The molecule has 0 bridgehead atoms. The average Bonchev–Trinajstić information content (AvgIpc) is 3.51. The van der Waals surface area contributed by atoms with Gasteiger partial charge in [-0.3, -0.25) is 10.2 Å². The smallest absolute Gasteiger partial charge is 0.283 e. The second-order valence-corrected chi connectivity index (χ2v) is 9.39. The zero-order valence-corrected chi connectivity index (χ0v) is 19.9. The Morgan fingerprint density at radius 3 is 2.56 bits per heavy atom. The first kappa shape index (κ1) is 22.1. The standard InChI is InChI=1S/C25H20N4O3S2/c1-16-4-2-5-19(14-16)32-12-11-31-18-9-7-17(8-10-18)15-20-22(26)29-25(27-23(20)30)34-24(28-29)21-6-3-13-33-21/h2-10,13-15,26H,11-12H2,1H3. The van der Waals surface area contributed by atoms with Crippen molar-refractivity contribution in [3.8, 4) is 11.5 Å². The molecule has 2 aliphatic heterocycles. The van der Waals surface area contributed by atoms with E-state index in [0.717, 1.165) is 26.8 Å². The van der Waals surface area contributed by atoms with Crippen LogP contribution in [-0.4, -0.2) is 40.2 Å². The summed E-state index contributed by atoms with van der Waals surface area (Å²) in [4.78, 5) is 17.7. The first-order valence-corrected chi connectivity index (χ1v) is 12.2. The van der Waals surface area contributed by atoms with Gasteiger partial charge in [0.25, 0.3) is 5.91 Å². The van der Waals surface area contributed by atoms with Crippen LogP contribution in [0.3, 0.4) is 0 Å². The molecule has 1 amide bonds. The molecule has 9 heteroatoms. The number of carbonyl (C=O) groups is 1. The van der Waals surface area contributed by atoms with Crippen LogP contribution in [0.4, 0.5) is 0 Å². The highest BCUT2D eigenvalue weighted by Gasteiger charge is 2.36. The molecule has 170 valence electrons. The molecule has 3 aromatic rings. The van der Waals surface area contributed by atoms with Crippen molar-refractivity contribution in [1.82, 2.24) is 5.01 Å². The SMILES string of the molecule is Cc1cccc(OCCOc2ccc(C=C3C(=N)N4N=C(c5cccs5)SC4=NC3=O)cc2)c1. The fraction of sp³-hybridized carbons (Fsp3) is 0.120. The third-order valence-electron chi connectivity index (χ3n) is 4.99. The number of carbonyl (C=O) groups excluding carboxylic acids is 1. The maximum atomic E-state index is 12.6. The molecule has 0 atom stereocenters. The summed E-state index contributed by atoms with van der Waals surface area (Å²) in [6, 6.07) is 19.1. The summed E-state index contributed by atoms with van der Waals surface area (Å²) < 4.78 is 11.4. The van der Waals surface area contributed by atoms with Crippen LogP contribution >= 0.6 is 23.1 Å². The minimum atomic E-state index is -0.444. The lowest BCUT2D eigenvalue weighted by Gasteiger charge is -2.20. The van der Waals surface area contributed by atoms with Gasteiger partial charge in [-0.2, -0.15) is 15.1 Å². The second-order valence-electron chi connectivity index (χ2n) is 7.48. The Labute approximate surface area is 204 Å². The maximum absolute atomic E-state index is 12.6. The molecule has 0 aliphatic carbocycles. The number of nitrogens with zero attached hydrogens (tertiary/aromatic N) is 3. The number of ether oxygens (including phenoxy) is 2. The first-order valence-electron chi connectivity index (χ1n) is 10.5. The summed E-state index contributed by atoms with van der Waals surface area (Å²) in [6.45, 7) is 2.86. The van der Waals surface area contributed by atoms with E-state index in [0.29, 0.717) is 24.1 Å². The van der Waals surface area contributed by atoms with Gasteiger partial charge in [-0.1, -0.05) is 30.3 Å². The van der Waals surface area contributed by atoms with Gasteiger partial charge in [-0.25, -0.2) is 0 Å². The number of thioether (sulfide) groups is 1. The van der Waals surface area contributed by atoms with Crippen molar-refractivity contribution in [3.63, 3.8) is 0 Å². The Kier molecular flexibility index (Phi) is 6.29. The van der Waals surface area contributed by atoms with E-state index in [4.69, 9.17) is 14.9 Å². The van der Waals surface area contributed by atoms with Crippen LogP contribution in [0.25, 0.3) is 6.08 Å². The minimum Gasteiger partial charge on any atom is -0.490 e. The van der Waals surface area contributed by atoms with Crippen LogP contribution in [0.5, 0.6) is 11.5 Å². The Morgan fingerprint density at radius 1 is 1.03 bits per heavy atom. The van der Waals surface area contributed by atoms with Gasteiger partial charge < -0.3 is 9.47 Å². The number of benzene rings is 2. The lowest BCUT2D eigenvalue weighted by Crippen LogP contribution is -2.35. The number of aliphatic imine (C=N–C) groups is 1. The van der Waals surface area contributed by atoms with E-state index in [9.17, 15) is 4.79 Å². The number of aryl methyl sites for hydroxylation is 1. The lowest BCUT2D eigenvalue weighted by molar-refractivity contribution is -0.114. The van der Waals surface area contributed by atoms with E-state index >= 15 is 0 Å². The molecule has 0 fully saturated rings. The minimum absolute atomic E-state index is 0.0164. The largest absolute Gasteiger partial charge is 0.490 e. The molecule has 3 heterocycles. The normalized spacial score (nSPS) is 16.4. The highest BCUT2D eigenvalue weighted by atomic mass is 32.2. The highest BCUT2D eigenvalue weighted by molar-refractivity contribution is 8.27. The number of amides is 1. The molecule has 0 spiro atoms. The quantitative estimate of drug-likeness (QED) is 0.366. The number of hydrogen-bond donors (Lipinski definition) is 1. The van der Waals surface area contributed by atoms with Crippen LogP contribution in [0.2, 0.25) is 0 Å². The van der Waals surface area contributed by atoms with Crippen LogP contribution < -0.4 is 9.47 Å². The van der Waals surface area contributed by atoms with E-state index in [1.54, 1.807) is 17.4 Å². The summed E-state index contributed by atoms with van der Waals surface area (Å²) >= 11 is 2.85. The topological polar surface area (TPSA) is 87.3 Å².